The number of non-ortho nitro benzene ring substituents is 1. The van der Waals surface area contributed by atoms with Gasteiger partial charge in [-0.1, -0.05) is 23.7 Å². The van der Waals surface area contributed by atoms with Crippen molar-refractivity contribution in [2.45, 2.75) is 0 Å². The summed E-state index contributed by atoms with van der Waals surface area (Å²) in [6.45, 7) is 0. The van der Waals surface area contributed by atoms with Crippen molar-refractivity contribution >= 4 is 29.4 Å². The van der Waals surface area contributed by atoms with E-state index in [0.717, 1.165) is 6.07 Å². The highest BCUT2D eigenvalue weighted by Crippen LogP contribution is 2.23. The largest absolute Gasteiger partial charge is 0.496 e. The van der Waals surface area contributed by atoms with Crippen LogP contribution in [0.5, 0.6) is 5.75 Å². The maximum atomic E-state index is 12.1. The highest BCUT2D eigenvalue weighted by molar-refractivity contribution is 6.30. The van der Waals surface area contributed by atoms with Gasteiger partial charge in [-0.25, -0.2) is 5.43 Å². The Balaban J connectivity index is 2.17. The minimum atomic E-state index is -0.621. The Labute approximate surface area is 136 Å². The summed E-state index contributed by atoms with van der Waals surface area (Å²) in [5, 5.41) is 15.1. The zero-order valence-electron chi connectivity index (χ0n) is 12.0. The van der Waals surface area contributed by atoms with Gasteiger partial charge in [-0.15, -0.1) is 0 Å². The van der Waals surface area contributed by atoms with E-state index in [2.05, 4.69) is 10.5 Å². The molecule has 118 valence electrons. The number of benzene rings is 2. The van der Waals surface area contributed by atoms with Gasteiger partial charge in [0.05, 0.1) is 23.8 Å². The summed E-state index contributed by atoms with van der Waals surface area (Å²) in [7, 11) is 1.37. The molecule has 0 heterocycles. The first kappa shape index (κ1) is 16.4. The number of carbonyl (C=O) groups excluding carboxylic acids is 1. The lowest BCUT2D eigenvalue weighted by atomic mass is 10.1. The van der Waals surface area contributed by atoms with Crippen molar-refractivity contribution in [2.75, 3.05) is 7.11 Å². The normalized spacial score (nSPS) is 10.5. The van der Waals surface area contributed by atoms with Gasteiger partial charge in [0, 0.05) is 17.2 Å². The molecule has 8 heteroatoms. The van der Waals surface area contributed by atoms with Gasteiger partial charge in [-0.3, -0.25) is 14.9 Å². The zero-order chi connectivity index (χ0) is 16.8. The molecule has 0 aromatic heterocycles. The van der Waals surface area contributed by atoms with Crippen LogP contribution in [0.3, 0.4) is 0 Å². The Morgan fingerprint density at radius 1 is 1.35 bits per heavy atom. The Morgan fingerprint density at radius 2 is 2.13 bits per heavy atom. The number of hydrogen-bond acceptors (Lipinski definition) is 5. The second kappa shape index (κ2) is 7.37. The van der Waals surface area contributed by atoms with E-state index in [1.807, 2.05) is 0 Å². The number of methoxy groups -OCH3 is 1. The van der Waals surface area contributed by atoms with Crippen LogP contribution >= 0.6 is 11.6 Å². The molecular weight excluding hydrogens is 322 g/mol. The summed E-state index contributed by atoms with van der Waals surface area (Å²) < 4.78 is 5.03. The number of hydrogen-bond donors (Lipinski definition) is 1. The first-order chi connectivity index (χ1) is 11.0. The van der Waals surface area contributed by atoms with Crippen LogP contribution in [0.1, 0.15) is 15.9 Å². The summed E-state index contributed by atoms with van der Waals surface area (Å²) >= 11 is 5.84. The quantitative estimate of drug-likeness (QED) is 0.517. The van der Waals surface area contributed by atoms with Gasteiger partial charge >= 0.3 is 0 Å². The minimum absolute atomic E-state index is 0.0185. The molecule has 2 rings (SSSR count). The van der Waals surface area contributed by atoms with E-state index in [-0.39, 0.29) is 17.0 Å². The van der Waals surface area contributed by atoms with Crippen molar-refractivity contribution in [2.24, 2.45) is 5.10 Å². The number of nitrogens with zero attached hydrogens (tertiary/aromatic N) is 2. The third kappa shape index (κ3) is 4.27. The van der Waals surface area contributed by atoms with Crippen LogP contribution < -0.4 is 10.2 Å². The van der Waals surface area contributed by atoms with Crippen LogP contribution in [0, 0.1) is 10.1 Å². The number of nitrogens with one attached hydrogen (secondary N) is 1. The molecule has 0 fully saturated rings. The molecule has 0 aliphatic carbocycles. The predicted octanol–water partition coefficient (Wildman–Crippen LogP) is 3.02. The lowest BCUT2D eigenvalue weighted by molar-refractivity contribution is -0.384. The van der Waals surface area contributed by atoms with Gasteiger partial charge in [0.15, 0.2) is 0 Å². The highest BCUT2D eigenvalue weighted by atomic mass is 35.5. The lowest BCUT2D eigenvalue weighted by Crippen LogP contribution is -2.18. The molecule has 0 aliphatic heterocycles. The maximum Gasteiger partial charge on any atom is 0.275 e. The zero-order valence-corrected chi connectivity index (χ0v) is 12.8. The van der Waals surface area contributed by atoms with Crippen molar-refractivity contribution in [1.82, 2.24) is 5.43 Å². The van der Waals surface area contributed by atoms with Crippen molar-refractivity contribution in [3.8, 4) is 5.75 Å². The van der Waals surface area contributed by atoms with Crippen LogP contribution in [0.4, 0.5) is 5.69 Å². The van der Waals surface area contributed by atoms with Gasteiger partial charge in [0.1, 0.15) is 5.75 Å². The topological polar surface area (TPSA) is 93.8 Å². The van der Waals surface area contributed by atoms with Gasteiger partial charge in [0.2, 0.25) is 0 Å². The number of hydrazone groups is 1. The smallest absolute Gasteiger partial charge is 0.275 e. The maximum absolute atomic E-state index is 12.1. The molecular formula is C15H12ClN3O4. The van der Waals surface area contributed by atoms with Gasteiger partial charge in [-0.05, 0) is 23.8 Å². The SMILES string of the molecule is COc1ccc([N+](=O)[O-])cc1C(=O)N/N=C\c1cccc(Cl)c1. The average molecular weight is 334 g/mol. The third-order valence-electron chi connectivity index (χ3n) is 2.87. The Kier molecular flexibility index (Phi) is 5.27. The minimum Gasteiger partial charge on any atom is -0.496 e. The molecule has 2 aromatic carbocycles. The van der Waals surface area contributed by atoms with Crippen molar-refractivity contribution in [1.29, 1.82) is 0 Å². The van der Waals surface area contributed by atoms with Gasteiger partial charge in [-0.2, -0.15) is 5.10 Å². The number of rotatable bonds is 5. The van der Waals surface area contributed by atoms with Crippen molar-refractivity contribution < 1.29 is 14.5 Å². The fourth-order valence-corrected chi connectivity index (χ4v) is 2.00. The molecule has 0 saturated heterocycles. The summed E-state index contributed by atoms with van der Waals surface area (Å²) in [6.07, 6.45) is 1.41. The van der Waals surface area contributed by atoms with Crippen LogP contribution in [0.2, 0.25) is 5.02 Å². The number of nitro benzene ring substituents is 1. The molecule has 0 atom stereocenters. The summed E-state index contributed by atoms with van der Waals surface area (Å²) in [5.74, 6) is -0.408. The predicted molar refractivity (Wildman–Crippen MR) is 86.2 cm³/mol. The van der Waals surface area contributed by atoms with Crippen molar-refractivity contribution in [3.05, 3.63) is 68.7 Å². The van der Waals surface area contributed by atoms with E-state index in [1.54, 1.807) is 24.3 Å². The molecule has 1 N–H and O–H groups in total. The number of ether oxygens (including phenoxy) is 1. The summed E-state index contributed by atoms with van der Waals surface area (Å²) in [6, 6.07) is 10.6. The first-order valence-corrected chi connectivity index (χ1v) is 6.80. The first-order valence-electron chi connectivity index (χ1n) is 6.42. The van der Waals surface area contributed by atoms with Gasteiger partial charge < -0.3 is 4.74 Å². The van der Waals surface area contributed by atoms with Gasteiger partial charge in [0.25, 0.3) is 11.6 Å². The highest BCUT2D eigenvalue weighted by Gasteiger charge is 2.17. The van der Waals surface area contributed by atoms with E-state index in [1.165, 1.54) is 25.5 Å². The molecule has 2 aromatic rings. The van der Waals surface area contributed by atoms with Crippen LogP contribution in [-0.4, -0.2) is 24.2 Å². The molecule has 0 unspecified atom stereocenters. The average Bonchev–Trinajstić information content (AvgIpc) is 2.54. The Bertz CT molecular complexity index is 777. The molecule has 0 saturated carbocycles. The number of halogens is 1. The molecule has 0 aliphatic rings. The van der Waals surface area contributed by atoms with Crippen molar-refractivity contribution in [3.63, 3.8) is 0 Å². The van der Waals surface area contributed by atoms with E-state index < -0.39 is 10.8 Å². The Hall–Kier alpha value is -2.93. The molecule has 0 spiro atoms. The molecule has 7 nitrogen and oxygen atoms in total. The van der Waals surface area contributed by atoms with E-state index in [4.69, 9.17) is 16.3 Å². The van der Waals surface area contributed by atoms with E-state index in [9.17, 15) is 14.9 Å². The fraction of sp³-hybridized carbons (Fsp3) is 0.0667. The third-order valence-corrected chi connectivity index (χ3v) is 3.10. The Morgan fingerprint density at radius 3 is 2.78 bits per heavy atom. The number of amides is 1. The van der Waals surface area contributed by atoms with Crippen LogP contribution in [0.15, 0.2) is 47.6 Å². The second-order valence-corrected chi connectivity index (χ2v) is 4.83. The molecule has 0 bridgehead atoms. The molecule has 0 radical (unpaired) electrons. The standard InChI is InChI=1S/C15H12ClN3O4/c1-23-14-6-5-12(19(21)22)8-13(14)15(20)18-17-9-10-3-2-4-11(16)7-10/h2-9H,1H3,(H,18,20)/b17-9-. The monoisotopic (exact) mass is 333 g/mol. The molecule has 1 amide bonds. The summed E-state index contributed by atoms with van der Waals surface area (Å²) in [4.78, 5) is 22.3. The van der Waals surface area contributed by atoms with E-state index >= 15 is 0 Å². The van der Waals surface area contributed by atoms with Crippen LogP contribution in [-0.2, 0) is 0 Å². The summed E-state index contributed by atoms with van der Waals surface area (Å²) in [5.41, 5.74) is 2.80. The number of carbonyl (C=O) groups is 1. The second-order valence-electron chi connectivity index (χ2n) is 4.40. The lowest BCUT2D eigenvalue weighted by Gasteiger charge is -2.06. The number of nitro groups is 1. The fourth-order valence-electron chi connectivity index (χ4n) is 1.80. The van der Waals surface area contributed by atoms with Crippen LogP contribution in [0.25, 0.3) is 0 Å². The van der Waals surface area contributed by atoms with E-state index in [0.29, 0.717) is 10.6 Å². The molecule has 23 heavy (non-hydrogen) atoms.